The molecule has 0 aromatic heterocycles. The molecular formula is C22H24. The fraction of sp³-hybridized carbons (Fsp3) is 0.182. The Balaban J connectivity index is 2.02. The summed E-state index contributed by atoms with van der Waals surface area (Å²) < 4.78 is 0. The van der Waals surface area contributed by atoms with E-state index < -0.39 is 0 Å². The molecule has 0 fully saturated rings. The van der Waals surface area contributed by atoms with Crippen LogP contribution in [0.3, 0.4) is 0 Å². The molecule has 0 unspecified atom stereocenters. The van der Waals surface area contributed by atoms with E-state index in [1.807, 2.05) is 6.07 Å². The van der Waals surface area contributed by atoms with Gasteiger partial charge in [-0.05, 0) is 49.0 Å². The van der Waals surface area contributed by atoms with Gasteiger partial charge in [-0.25, -0.2) is 0 Å². The highest BCUT2D eigenvalue weighted by atomic mass is 14.1. The second-order valence-corrected chi connectivity index (χ2v) is 5.68. The van der Waals surface area contributed by atoms with Gasteiger partial charge in [-0.1, -0.05) is 85.0 Å². The van der Waals surface area contributed by atoms with Gasteiger partial charge in [0.25, 0.3) is 0 Å². The van der Waals surface area contributed by atoms with Gasteiger partial charge < -0.3 is 0 Å². The third kappa shape index (κ3) is 4.60. The van der Waals surface area contributed by atoms with E-state index in [0.717, 1.165) is 18.4 Å². The van der Waals surface area contributed by atoms with Crippen LogP contribution in [0.2, 0.25) is 0 Å². The van der Waals surface area contributed by atoms with Crippen LogP contribution in [-0.2, 0) is 6.42 Å². The third-order valence-electron chi connectivity index (χ3n) is 3.71. The molecule has 2 aromatic rings. The highest BCUT2D eigenvalue weighted by molar-refractivity contribution is 5.80. The smallest absolute Gasteiger partial charge is 0.0184 e. The Hall–Kier alpha value is -2.34. The molecule has 2 rings (SSSR count). The minimum absolute atomic E-state index is 1.04. The molecule has 22 heavy (non-hydrogen) atoms. The first-order valence-electron chi connectivity index (χ1n) is 7.81. The summed E-state index contributed by atoms with van der Waals surface area (Å²) >= 11 is 0. The van der Waals surface area contributed by atoms with E-state index in [-0.39, 0.29) is 0 Å². The fourth-order valence-corrected chi connectivity index (χ4v) is 2.46. The van der Waals surface area contributed by atoms with E-state index in [0.29, 0.717) is 0 Å². The zero-order valence-electron chi connectivity index (χ0n) is 13.5. The summed E-state index contributed by atoms with van der Waals surface area (Å²) in [5.74, 6) is 0. The van der Waals surface area contributed by atoms with Gasteiger partial charge >= 0.3 is 0 Å². The molecule has 0 amide bonds. The van der Waals surface area contributed by atoms with Crippen molar-refractivity contribution in [1.82, 2.24) is 0 Å². The largest absolute Gasteiger partial charge is 0.0906 e. The molecule has 0 aliphatic rings. The van der Waals surface area contributed by atoms with Gasteiger partial charge in [0.15, 0.2) is 0 Å². The average Bonchev–Trinajstić information content (AvgIpc) is 2.56. The lowest BCUT2D eigenvalue weighted by atomic mass is 9.95. The maximum absolute atomic E-state index is 4.27. The SMILES string of the molecule is C=C(C(/C=C/CCc1ccccc1)=C(C)C)c1ccccc1. The minimum atomic E-state index is 1.04. The highest BCUT2D eigenvalue weighted by Crippen LogP contribution is 2.25. The second-order valence-electron chi connectivity index (χ2n) is 5.68. The molecule has 0 aliphatic heterocycles. The van der Waals surface area contributed by atoms with Gasteiger partial charge in [0.05, 0.1) is 0 Å². The molecule has 0 atom stereocenters. The van der Waals surface area contributed by atoms with Gasteiger partial charge in [0.2, 0.25) is 0 Å². The lowest BCUT2D eigenvalue weighted by Crippen LogP contribution is -1.89. The quantitative estimate of drug-likeness (QED) is 0.553. The summed E-state index contributed by atoms with van der Waals surface area (Å²) in [6.45, 7) is 8.56. The Morgan fingerprint density at radius 3 is 2.09 bits per heavy atom. The lowest BCUT2D eigenvalue weighted by Gasteiger charge is -2.10. The molecule has 0 heterocycles. The number of rotatable bonds is 6. The Morgan fingerprint density at radius 1 is 0.909 bits per heavy atom. The Labute approximate surface area is 134 Å². The lowest BCUT2D eigenvalue weighted by molar-refractivity contribution is 1.00. The summed E-state index contributed by atoms with van der Waals surface area (Å²) in [7, 11) is 0. The molecule has 0 bridgehead atoms. The van der Waals surface area contributed by atoms with Crippen molar-refractivity contribution >= 4 is 5.57 Å². The molecule has 0 saturated carbocycles. The van der Waals surface area contributed by atoms with E-state index in [9.17, 15) is 0 Å². The van der Waals surface area contributed by atoms with Crippen LogP contribution in [0.4, 0.5) is 0 Å². The first kappa shape index (κ1) is 16.0. The monoisotopic (exact) mass is 288 g/mol. The van der Waals surface area contributed by atoms with Crippen molar-refractivity contribution in [2.75, 3.05) is 0 Å². The topological polar surface area (TPSA) is 0 Å². The normalized spacial score (nSPS) is 10.6. The van der Waals surface area contributed by atoms with Crippen molar-refractivity contribution in [2.45, 2.75) is 26.7 Å². The van der Waals surface area contributed by atoms with Crippen molar-refractivity contribution in [3.8, 4) is 0 Å². The summed E-state index contributed by atoms with van der Waals surface area (Å²) in [5.41, 5.74) is 6.19. The molecule has 0 aliphatic carbocycles. The van der Waals surface area contributed by atoms with Crippen LogP contribution < -0.4 is 0 Å². The number of hydrogen-bond donors (Lipinski definition) is 0. The van der Waals surface area contributed by atoms with E-state index in [2.05, 4.69) is 87.2 Å². The molecule has 112 valence electrons. The summed E-state index contributed by atoms with van der Waals surface area (Å²) in [6.07, 6.45) is 6.59. The highest BCUT2D eigenvalue weighted by Gasteiger charge is 2.04. The predicted molar refractivity (Wildman–Crippen MR) is 97.8 cm³/mol. The molecule has 2 aromatic carbocycles. The number of aryl methyl sites for hydroxylation is 1. The number of allylic oxidation sites excluding steroid dienone is 5. The van der Waals surface area contributed by atoms with E-state index >= 15 is 0 Å². The average molecular weight is 288 g/mol. The standard InChI is InChI=1S/C22H24/c1-18(2)22(19(3)21-15-8-5-9-16-21)17-11-10-14-20-12-6-4-7-13-20/h4-9,11-13,15-17H,3,10,14H2,1-2H3/b17-11+. The number of benzene rings is 2. The van der Waals surface area contributed by atoms with Crippen molar-refractivity contribution in [3.63, 3.8) is 0 Å². The molecule has 0 saturated heterocycles. The Kier molecular flexibility index (Phi) is 5.97. The molecule has 0 nitrogen and oxygen atoms in total. The molecule has 0 radical (unpaired) electrons. The molecular weight excluding hydrogens is 264 g/mol. The predicted octanol–water partition coefficient (Wildman–Crippen LogP) is 6.23. The zero-order valence-corrected chi connectivity index (χ0v) is 13.5. The second kappa shape index (κ2) is 8.19. The summed E-state index contributed by atoms with van der Waals surface area (Å²) in [4.78, 5) is 0. The number of hydrogen-bond acceptors (Lipinski definition) is 0. The van der Waals surface area contributed by atoms with Crippen LogP contribution in [0, 0.1) is 0 Å². The van der Waals surface area contributed by atoms with E-state index in [4.69, 9.17) is 0 Å². The summed E-state index contributed by atoms with van der Waals surface area (Å²) in [6, 6.07) is 21.0. The van der Waals surface area contributed by atoms with Crippen molar-refractivity contribution in [1.29, 1.82) is 0 Å². The zero-order chi connectivity index (χ0) is 15.8. The van der Waals surface area contributed by atoms with Crippen LogP contribution >= 0.6 is 0 Å². The van der Waals surface area contributed by atoms with Crippen molar-refractivity contribution in [2.24, 2.45) is 0 Å². The van der Waals surface area contributed by atoms with Crippen LogP contribution in [-0.4, -0.2) is 0 Å². The van der Waals surface area contributed by atoms with Gasteiger partial charge in [0.1, 0.15) is 0 Å². The van der Waals surface area contributed by atoms with Crippen LogP contribution in [0.1, 0.15) is 31.4 Å². The maximum Gasteiger partial charge on any atom is -0.0184 e. The van der Waals surface area contributed by atoms with E-state index in [1.165, 1.54) is 22.3 Å². The van der Waals surface area contributed by atoms with Gasteiger partial charge in [-0.15, -0.1) is 0 Å². The molecule has 0 N–H and O–H groups in total. The summed E-state index contributed by atoms with van der Waals surface area (Å²) in [5, 5.41) is 0. The minimum Gasteiger partial charge on any atom is -0.0906 e. The van der Waals surface area contributed by atoms with E-state index in [1.54, 1.807) is 0 Å². The Bertz CT molecular complexity index is 654. The molecule has 0 heteroatoms. The fourth-order valence-electron chi connectivity index (χ4n) is 2.46. The maximum atomic E-state index is 4.27. The van der Waals surface area contributed by atoms with Gasteiger partial charge in [0, 0.05) is 0 Å². The van der Waals surface area contributed by atoms with Crippen molar-refractivity contribution < 1.29 is 0 Å². The molecule has 0 spiro atoms. The van der Waals surface area contributed by atoms with Gasteiger partial charge in [-0.3, -0.25) is 0 Å². The van der Waals surface area contributed by atoms with Gasteiger partial charge in [-0.2, -0.15) is 0 Å². The van der Waals surface area contributed by atoms with Crippen molar-refractivity contribution in [3.05, 3.63) is 102 Å². The first-order chi connectivity index (χ1) is 10.7. The first-order valence-corrected chi connectivity index (χ1v) is 7.81. The third-order valence-corrected chi connectivity index (χ3v) is 3.71. The van der Waals surface area contributed by atoms with Crippen LogP contribution in [0.15, 0.2) is 90.5 Å². The van der Waals surface area contributed by atoms with Crippen LogP contribution in [0.25, 0.3) is 5.57 Å². The Morgan fingerprint density at radius 2 is 1.50 bits per heavy atom. The van der Waals surface area contributed by atoms with Crippen LogP contribution in [0.5, 0.6) is 0 Å².